The van der Waals surface area contributed by atoms with E-state index in [1.807, 2.05) is 18.2 Å². The Labute approximate surface area is 133 Å². The topological polar surface area (TPSA) is 21.3 Å². The molecular formula is C17H33NOSi2. The van der Waals surface area contributed by atoms with E-state index in [1.54, 1.807) is 0 Å². The van der Waals surface area contributed by atoms with Crippen molar-refractivity contribution >= 4 is 16.6 Å². The van der Waals surface area contributed by atoms with Crippen LogP contribution >= 0.6 is 0 Å². The van der Waals surface area contributed by atoms with Gasteiger partial charge in [-0.3, -0.25) is 0 Å². The second-order valence-corrected chi connectivity index (χ2v) is 17.4. The van der Waals surface area contributed by atoms with E-state index in [4.69, 9.17) is 4.43 Å². The summed E-state index contributed by atoms with van der Waals surface area (Å²) in [6.45, 7) is 17.6. The van der Waals surface area contributed by atoms with Crippen molar-refractivity contribution in [2.24, 2.45) is 0 Å². The molecule has 1 N–H and O–H groups in total. The fraction of sp³-hybridized carbons (Fsp3) is 0.647. The molecule has 1 aromatic carbocycles. The predicted octanol–water partition coefficient (Wildman–Crippen LogP) is 5.26. The normalized spacial score (nSPS) is 13.3. The van der Waals surface area contributed by atoms with Gasteiger partial charge in [0.25, 0.3) is 0 Å². The van der Waals surface area contributed by atoms with Crippen LogP contribution in [0.4, 0.5) is 0 Å². The first-order valence-corrected chi connectivity index (χ1v) is 14.1. The molecule has 1 rings (SSSR count). The number of nitrogens with one attached hydrogen (secondary N) is 1. The summed E-state index contributed by atoms with van der Waals surface area (Å²) in [6, 6.07) is 11.4. The van der Waals surface area contributed by atoms with Gasteiger partial charge in [0, 0.05) is 0 Å². The van der Waals surface area contributed by atoms with E-state index in [9.17, 15) is 0 Å². The van der Waals surface area contributed by atoms with Gasteiger partial charge in [0.1, 0.15) is 14.0 Å². The van der Waals surface area contributed by atoms with Crippen molar-refractivity contribution in [3.05, 3.63) is 30.3 Å². The van der Waals surface area contributed by atoms with Crippen LogP contribution in [-0.2, 0) is 0 Å². The van der Waals surface area contributed by atoms with Gasteiger partial charge < -0.3 is 9.41 Å². The van der Waals surface area contributed by atoms with Crippen LogP contribution in [0.1, 0.15) is 27.2 Å². The van der Waals surface area contributed by atoms with E-state index in [-0.39, 0.29) is 0 Å². The SMILES string of the molecule is CC(C)(C)[Si](C)(C)NCCC[Si](C)(C)Oc1ccccc1. The van der Waals surface area contributed by atoms with Crippen LogP contribution in [0.25, 0.3) is 0 Å². The van der Waals surface area contributed by atoms with Gasteiger partial charge in [-0.2, -0.15) is 0 Å². The van der Waals surface area contributed by atoms with Gasteiger partial charge >= 0.3 is 0 Å². The zero-order chi connectivity index (χ0) is 16.1. The minimum absolute atomic E-state index is 0.403. The van der Waals surface area contributed by atoms with Crippen molar-refractivity contribution in [1.82, 2.24) is 4.98 Å². The van der Waals surface area contributed by atoms with Crippen molar-refractivity contribution in [2.45, 2.75) is 64.5 Å². The highest BCUT2D eigenvalue weighted by molar-refractivity contribution is 6.77. The summed E-state index contributed by atoms with van der Waals surface area (Å²) < 4.78 is 6.22. The number of hydrogen-bond acceptors (Lipinski definition) is 2. The molecule has 0 aliphatic carbocycles. The summed E-state index contributed by atoms with van der Waals surface area (Å²) in [5.41, 5.74) is 0. The average molecular weight is 324 g/mol. The number of benzene rings is 1. The standard InChI is InChI=1S/C17H33NOSi2/c1-17(2,3)21(6,7)18-14-11-15-20(4,5)19-16-12-9-8-10-13-16/h8-10,12-13,18H,11,14-15H2,1-7H3. The molecule has 1 aromatic rings. The maximum atomic E-state index is 6.22. The first-order valence-electron chi connectivity index (χ1n) is 8.03. The largest absolute Gasteiger partial charge is 0.544 e. The molecule has 0 spiro atoms. The summed E-state index contributed by atoms with van der Waals surface area (Å²) in [6.07, 6.45) is 1.21. The lowest BCUT2D eigenvalue weighted by Gasteiger charge is -2.37. The van der Waals surface area contributed by atoms with Gasteiger partial charge in [0.15, 0.2) is 0 Å². The van der Waals surface area contributed by atoms with Gasteiger partial charge in [-0.1, -0.05) is 52.1 Å². The van der Waals surface area contributed by atoms with E-state index >= 15 is 0 Å². The second-order valence-electron chi connectivity index (χ2n) is 8.08. The third-order valence-electron chi connectivity index (χ3n) is 4.53. The molecule has 0 saturated heterocycles. The molecule has 0 saturated carbocycles. The summed E-state index contributed by atoms with van der Waals surface area (Å²) in [4.78, 5) is 3.84. The lowest BCUT2D eigenvalue weighted by molar-refractivity contribution is 0.542. The Balaban J connectivity index is 2.38. The third kappa shape index (κ3) is 6.36. The summed E-state index contributed by atoms with van der Waals surface area (Å²) in [7, 11) is -2.96. The first-order chi connectivity index (χ1) is 9.54. The van der Waals surface area contributed by atoms with Gasteiger partial charge in [-0.25, -0.2) is 0 Å². The Kier molecular flexibility index (Phi) is 6.26. The number of rotatable bonds is 7. The van der Waals surface area contributed by atoms with Gasteiger partial charge in [-0.15, -0.1) is 0 Å². The van der Waals surface area contributed by atoms with Gasteiger partial charge in [0.05, 0.1) is 0 Å². The van der Waals surface area contributed by atoms with Crippen molar-refractivity contribution in [3.8, 4) is 5.75 Å². The van der Waals surface area contributed by atoms with Crippen LogP contribution in [0.5, 0.6) is 5.75 Å². The molecule has 0 amide bonds. The molecule has 0 bridgehead atoms. The molecule has 0 fully saturated rings. The summed E-state index contributed by atoms with van der Waals surface area (Å²) in [5.74, 6) is 1.02. The summed E-state index contributed by atoms with van der Waals surface area (Å²) in [5, 5.41) is 0.403. The minimum Gasteiger partial charge on any atom is -0.544 e. The molecule has 4 heteroatoms. The molecule has 0 aromatic heterocycles. The molecule has 21 heavy (non-hydrogen) atoms. The van der Waals surface area contributed by atoms with Crippen LogP contribution in [-0.4, -0.2) is 23.1 Å². The van der Waals surface area contributed by atoms with Crippen LogP contribution < -0.4 is 9.41 Å². The molecule has 2 nitrogen and oxygen atoms in total. The summed E-state index contributed by atoms with van der Waals surface area (Å²) >= 11 is 0. The molecule has 0 radical (unpaired) electrons. The smallest absolute Gasteiger partial charge is 0.245 e. The molecule has 0 unspecified atom stereocenters. The van der Waals surface area contributed by atoms with Gasteiger partial charge in [-0.05, 0) is 49.3 Å². The highest BCUT2D eigenvalue weighted by Crippen LogP contribution is 2.33. The zero-order valence-corrected chi connectivity index (χ0v) is 16.9. The highest BCUT2D eigenvalue weighted by atomic mass is 28.4. The van der Waals surface area contributed by atoms with Crippen LogP contribution in [0.2, 0.25) is 37.3 Å². The Hall–Kier alpha value is -0.586. The molecule has 0 heterocycles. The Morgan fingerprint density at radius 2 is 1.57 bits per heavy atom. The second kappa shape index (κ2) is 7.12. The van der Waals surface area contributed by atoms with Crippen molar-refractivity contribution in [3.63, 3.8) is 0 Å². The van der Waals surface area contributed by atoms with E-state index in [0.29, 0.717) is 5.04 Å². The monoisotopic (exact) mass is 323 g/mol. The van der Waals surface area contributed by atoms with Crippen molar-refractivity contribution < 1.29 is 4.43 Å². The molecular weight excluding hydrogens is 290 g/mol. The maximum Gasteiger partial charge on any atom is 0.245 e. The Morgan fingerprint density at radius 1 is 1.00 bits per heavy atom. The fourth-order valence-corrected chi connectivity index (χ4v) is 5.28. The van der Waals surface area contributed by atoms with Crippen molar-refractivity contribution in [1.29, 1.82) is 0 Å². The maximum absolute atomic E-state index is 6.22. The highest BCUT2D eigenvalue weighted by Gasteiger charge is 2.34. The molecule has 120 valence electrons. The van der Waals surface area contributed by atoms with Crippen LogP contribution in [0.3, 0.4) is 0 Å². The Morgan fingerprint density at radius 3 is 2.10 bits per heavy atom. The fourth-order valence-electron chi connectivity index (χ4n) is 2.04. The van der Waals surface area contributed by atoms with Crippen LogP contribution in [0.15, 0.2) is 30.3 Å². The number of para-hydroxylation sites is 1. The van der Waals surface area contributed by atoms with E-state index in [0.717, 1.165) is 12.3 Å². The molecule has 0 atom stereocenters. The zero-order valence-electron chi connectivity index (χ0n) is 14.9. The van der Waals surface area contributed by atoms with Gasteiger partial charge in [0.2, 0.25) is 8.32 Å². The lowest BCUT2D eigenvalue weighted by Crippen LogP contribution is -2.52. The molecule has 0 aliphatic rings. The molecule has 0 aliphatic heterocycles. The van der Waals surface area contributed by atoms with Crippen LogP contribution in [0, 0.1) is 0 Å². The minimum atomic E-state index is -1.61. The third-order valence-corrected chi connectivity index (χ3v) is 11.8. The predicted molar refractivity (Wildman–Crippen MR) is 99.2 cm³/mol. The average Bonchev–Trinajstić information content (AvgIpc) is 2.34. The lowest BCUT2D eigenvalue weighted by atomic mass is 10.2. The van der Waals surface area contributed by atoms with E-state index in [2.05, 4.69) is 64.1 Å². The Bertz CT molecular complexity index is 424. The van der Waals surface area contributed by atoms with E-state index < -0.39 is 16.6 Å². The quantitative estimate of drug-likeness (QED) is 0.546. The first kappa shape index (κ1) is 18.5. The number of hydrogen-bond donors (Lipinski definition) is 1. The van der Waals surface area contributed by atoms with Crippen molar-refractivity contribution in [2.75, 3.05) is 6.54 Å². The van der Waals surface area contributed by atoms with E-state index in [1.165, 1.54) is 12.5 Å².